The van der Waals surface area contributed by atoms with Gasteiger partial charge in [-0.15, -0.1) is 11.3 Å². The number of ether oxygens (including phenoxy) is 1. The highest BCUT2D eigenvalue weighted by molar-refractivity contribution is 9.10. The van der Waals surface area contributed by atoms with Crippen molar-refractivity contribution in [2.45, 2.75) is 24.9 Å². The predicted molar refractivity (Wildman–Crippen MR) is 121 cm³/mol. The number of hydrogen-bond acceptors (Lipinski definition) is 4. The summed E-state index contributed by atoms with van der Waals surface area (Å²) in [5.74, 6) is 0.328. The average Bonchev–Trinajstić information content (AvgIpc) is 3.29. The van der Waals surface area contributed by atoms with Crippen LogP contribution in [-0.2, 0) is 11.2 Å². The van der Waals surface area contributed by atoms with E-state index in [-0.39, 0.29) is 17.9 Å². The number of amides is 2. The molecule has 4 rings (SSSR count). The topological polar surface area (TPSA) is 67.4 Å². The van der Waals surface area contributed by atoms with Crippen LogP contribution in [0.5, 0.6) is 5.75 Å². The summed E-state index contributed by atoms with van der Waals surface area (Å²) >= 11 is 4.84. The number of benzene rings is 2. The van der Waals surface area contributed by atoms with Gasteiger partial charge in [0.2, 0.25) is 5.91 Å². The van der Waals surface area contributed by atoms with Gasteiger partial charge in [0, 0.05) is 22.9 Å². The van der Waals surface area contributed by atoms with Crippen molar-refractivity contribution in [2.75, 3.05) is 6.61 Å². The van der Waals surface area contributed by atoms with Gasteiger partial charge in [0.25, 0.3) is 5.91 Å². The third kappa shape index (κ3) is 4.91. The van der Waals surface area contributed by atoms with E-state index in [9.17, 15) is 9.59 Å². The highest BCUT2D eigenvalue weighted by Crippen LogP contribution is 2.34. The average molecular weight is 485 g/mol. The fraction of sp³-hybridized carbons (Fsp3) is 0.217. The Kier molecular flexibility index (Phi) is 6.50. The zero-order chi connectivity index (χ0) is 20.9. The summed E-state index contributed by atoms with van der Waals surface area (Å²) < 4.78 is 6.65. The molecule has 0 spiro atoms. The minimum Gasteiger partial charge on any atom is -0.493 e. The minimum atomic E-state index is -0.680. The van der Waals surface area contributed by atoms with Crippen LogP contribution in [0.3, 0.4) is 0 Å². The van der Waals surface area contributed by atoms with E-state index in [0.717, 1.165) is 21.3 Å². The van der Waals surface area contributed by atoms with E-state index in [2.05, 4.69) is 26.6 Å². The number of rotatable bonds is 6. The number of halogens is 1. The van der Waals surface area contributed by atoms with E-state index >= 15 is 0 Å². The molecular formula is C23H21BrN2O3S. The molecular weight excluding hydrogens is 464 g/mol. The largest absolute Gasteiger partial charge is 0.493 e. The number of nitrogens with one attached hydrogen (secondary N) is 2. The zero-order valence-electron chi connectivity index (χ0n) is 16.1. The molecule has 2 N–H and O–H groups in total. The minimum absolute atomic E-state index is 0.171. The van der Waals surface area contributed by atoms with Gasteiger partial charge in [-0.3, -0.25) is 9.59 Å². The van der Waals surface area contributed by atoms with Crippen molar-refractivity contribution >= 4 is 39.1 Å². The SMILES string of the molecule is O=C(NC(Cc1ccccc1)C(=O)NC1CCOc2ccc(Br)cc21)c1cccs1. The van der Waals surface area contributed by atoms with Crippen molar-refractivity contribution in [3.8, 4) is 5.75 Å². The molecule has 7 heteroatoms. The first kappa shape index (κ1) is 20.6. The summed E-state index contributed by atoms with van der Waals surface area (Å²) in [6.45, 7) is 0.532. The third-order valence-corrected chi connectivity index (χ3v) is 6.34. The first-order chi connectivity index (χ1) is 14.6. The standard InChI is InChI=1S/C23H21BrN2O3S/c24-16-8-9-20-17(14-16)18(10-11-29-20)25-22(27)19(13-15-5-2-1-3-6-15)26-23(28)21-7-4-12-30-21/h1-9,12,14,18-19H,10-11,13H2,(H,25,27)(H,26,28). The van der Waals surface area contributed by atoms with Gasteiger partial charge in [-0.25, -0.2) is 0 Å². The van der Waals surface area contributed by atoms with Crippen LogP contribution in [0, 0.1) is 0 Å². The van der Waals surface area contributed by atoms with Crippen molar-refractivity contribution in [3.63, 3.8) is 0 Å². The second-order valence-electron chi connectivity index (χ2n) is 7.07. The molecule has 0 bridgehead atoms. The van der Waals surface area contributed by atoms with Crippen molar-refractivity contribution in [1.82, 2.24) is 10.6 Å². The molecule has 2 atom stereocenters. The first-order valence-corrected chi connectivity index (χ1v) is 11.4. The normalized spacial score (nSPS) is 16.1. The first-order valence-electron chi connectivity index (χ1n) is 9.71. The van der Waals surface area contributed by atoms with Gasteiger partial charge in [-0.05, 0) is 35.2 Å². The van der Waals surface area contributed by atoms with Crippen LogP contribution in [0.1, 0.15) is 33.3 Å². The van der Waals surface area contributed by atoms with E-state index < -0.39 is 6.04 Å². The molecule has 0 saturated heterocycles. The summed E-state index contributed by atoms with van der Waals surface area (Å²) in [5, 5.41) is 7.88. The lowest BCUT2D eigenvalue weighted by Gasteiger charge is -2.29. The molecule has 0 fully saturated rings. The Bertz CT molecular complexity index is 1020. The Labute approximate surface area is 187 Å². The molecule has 2 unspecified atom stereocenters. The van der Waals surface area contributed by atoms with Crippen LogP contribution < -0.4 is 15.4 Å². The lowest BCUT2D eigenvalue weighted by atomic mass is 9.99. The maximum atomic E-state index is 13.2. The molecule has 1 aromatic heterocycles. The van der Waals surface area contributed by atoms with E-state index in [0.29, 0.717) is 24.3 Å². The fourth-order valence-corrected chi connectivity index (χ4v) is 4.49. The number of hydrogen-bond donors (Lipinski definition) is 2. The lowest BCUT2D eigenvalue weighted by Crippen LogP contribution is -2.49. The molecule has 0 radical (unpaired) electrons. The molecule has 30 heavy (non-hydrogen) atoms. The summed E-state index contributed by atoms with van der Waals surface area (Å²) in [5.41, 5.74) is 1.92. The molecule has 1 aliphatic heterocycles. The number of thiophene rings is 1. The monoisotopic (exact) mass is 484 g/mol. The number of carbonyl (C=O) groups is 2. The van der Waals surface area contributed by atoms with Gasteiger partial charge in [0.1, 0.15) is 11.8 Å². The Balaban J connectivity index is 1.53. The van der Waals surface area contributed by atoms with Crippen LogP contribution in [0.15, 0.2) is 70.5 Å². The van der Waals surface area contributed by atoms with Crippen LogP contribution in [0.4, 0.5) is 0 Å². The van der Waals surface area contributed by atoms with E-state index in [4.69, 9.17) is 4.74 Å². The quantitative estimate of drug-likeness (QED) is 0.541. The number of carbonyl (C=O) groups excluding carboxylic acids is 2. The number of fused-ring (bicyclic) bond motifs is 1. The molecule has 0 aliphatic carbocycles. The van der Waals surface area contributed by atoms with Gasteiger partial charge < -0.3 is 15.4 Å². The van der Waals surface area contributed by atoms with Crippen molar-refractivity contribution in [3.05, 3.63) is 86.5 Å². The van der Waals surface area contributed by atoms with Gasteiger partial charge in [0.15, 0.2) is 0 Å². The maximum absolute atomic E-state index is 13.2. The van der Waals surface area contributed by atoms with Crippen LogP contribution >= 0.6 is 27.3 Å². The van der Waals surface area contributed by atoms with Crippen molar-refractivity contribution in [2.24, 2.45) is 0 Å². The molecule has 5 nitrogen and oxygen atoms in total. The summed E-state index contributed by atoms with van der Waals surface area (Å²) in [4.78, 5) is 26.5. The molecule has 0 saturated carbocycles. The summed E-state index contributed by atoms with van der Waals surface area (Å²) in [6, 6.07) is 18.2. The zero-order valence-corrected chi connectivity index (χ0v) is 18.5. The van der Waals surface area contributed by atoms with E-state index in [1.54, 1.807) is 6.07 Å². The smallest absolute Gasteiger partial charge is 0.262 e. The Morgan fingerprint density at radius 2 is 1.97 bits per heavy atom. The van der Waals surface area contributed by atoms with Crippen molar-refractivity contribution in [1.29, 1.82) is 0 Å². The van der Waals surface area contributed by atoms with Gasteiger partial charge >= 0.3 is 0 Å². The molecule has 154 valence electrons. The van der Waals surface area contributed by atoms with Gasteiger partial charge in [0.05, 0.1) is 17.5 Å². The second kappa shape index (κ2) is 9.45. The van der Waals surface area contributed by atoms with E-state index in [1.165, 1.54) is 11.3 Å². The van der Waals surface area contributed by atoms with Crippen LogP contribution in [0.25, 0.3) is 0 Å². The Hall–Kier alpha value is -2.64. The highest BCUT2D eigenvalue weighted by atomic mass is 79.9. The fourth-order valence-electron chi connectivity index (χ4n) is 3.48. The summed E-state index contributed by atoms with van der Waals surface area (Å²) in [7, 11) is 0. The molecule has 2 aromatic carbocycles. The Morgan fingerprint density at radius 3 is 2.73 bits per heavy atom. The maximum Gasteiger partial charge on any atom is 0.262 e. The van der Waals surface area contributed by atoms with Crippen LogP contribution in [0.2, 0.25) is 0 Å². The molecule has 1 aliphatic rings. The van der Waals surface area contributed by atoms with Gasteiger partial charge in [-0.1, -0.05) is 52.3 Å². The van der Waals surface area contributed by atoms with E-state index in [1.807, 2.05) is 60.0 Å². The highest BCUT2D eigenvalue weighted by Gasteiger charge is 2.28. The lowest BCUT2D eigenvalue weighted by molar-refractivity contribution is -0.123. The summed E-state index contributed by atoms with van der Waals surface area (Å²) in [6.07, 6.45) is 1.09. The molecule has 2 heterocycles. The van der Waals surface area contributed by atoms with Crippen molar-refractivity contribution < 1.29 is 14.3 Å². The second-order valence-corrected chi connectivity index (χ2v) is 8.94. The van der Waals surface area contributed by atoms with Crippen LogP contribution in [-0.4, -0.2) is 24.5 Å². The molecule has 2 amide bonds. The molecule has 3 aromatic rings. The Morgan fingerprint density at radius 1 is 1.13 bits per heavy atom. The third-order valence-electron chi connectivity index (χ3n) is 4.98. The predicted octanol–water partition coefficient (Wildman–Crippen LogP) is 4.49. The van der Waals surface area contributed by atoms with Gasteiger partial charge in [-0.2, -0.15) is 0 Å².